The highest BCUT2D eigenvalue weighted by Gasteiger charge is 2.37. The quantitative estimate of drug-likeness (QED) is 0.808. The first-order valence-electron chi connectivity index (χ1n) is 4.83. The molecule has 1 heterocycles. The summed E-state index contributed by atoms with van der Waals surface area (Å²) in [5.74, 6) is 0. The molecular formula is C11H14F3NO. The molecule has 1 unspecified atom stereocenters. The van der Waals surface area contributed by atoms with Crippen molar-refractivity contribution in [1.29, 1.82) is 0 Å². The van der Waals surface area contributed by atoms with E-state index < -0.39 is 23.3 Å². The van der Waals surface area contributed by atoms with Crippen molar-refractivity contribution in [2.24, 2.45) is 5.41 Å². The lowest BCUT2D eigenvalue weighted by Gasteiger charge is -2.27. The van der Waals surface area contributed by atoms with Gasteiger partial charge in [0.25, 0.3) is 0 Å². The molecule has 1 N–H and O–H groups in total. The minimum atomic E-state index is -4.47. The van der Waals surface area contributed by atoms with Gasteiger partial charge in [0.2, 0.25) is 0 Å². The Hall–Kier alpha value is -1.10. The van der Waals surface area contributed by atoms with Gasteiger partial charge in [-0.25, -0.2) is 0 Å². The Morgan fingerprint density at radius 1 is 1.25 bits per heavy atom. The SMILES string of the molecule is CC(C)(C)C(O)c1cnccc1C(F)(F)F. The first kappa shape index (κ1) is 13.0. The maximum atomic E-state index is 12.7. The normalized spacial score (nSPS) is 14.9. The minimum absolute atomic E-state index is 0.178. The van der Waals surface area contributed by atoms with E-state index in [-0.39, 0.29) is 5.56 Å². The van der Waals surface area contributed by atoms with Crippen LogP contribution >= 0.6 is 0 Å². The molecule has 1 aromatic rings. The smallest absolute Gasteiger partial charge is 0.388 e. The lowest BCUT2D eigenvalue weighted by atomic mass is 9.83. The van der Waals surface area contributed by atoms with Crippen molar-refractivity contribution in [2.45, 2.75) is 33.1 Å². The van der Waals surface area contributed by atoms with E-state index in [0.717, 1.165) is 18.5 Å². The topological polar surface area (TPSA) is 33.1 Å². The first-order chi connectivity index (χ1) is 7.14. The zero-order valence-electron chi connectivity index (χ0n) is 9.34. The molecule has 1 atom stereocenters. The van der Waals surface area contributed by atoms with Crippen LogP contribution in [0.4, 0.5) is 13.2 Å². The standard InChI is InChI=1S/C11H14F3NO/c1-10(2,3)9(16)7-6-15-5-4-8(7)11(12,13)14/h4-6,9,16H,1-3H3. The summed E-state index contributed by atoms with van der Waals surface area (Å²) >= 11 is 0. The Bertz CT molecular complexity index is 368. The Labute approximate surface area is 92.1 Å². The van der Waals surface area contributed by atoms with E-state index in [0.29, 0.717) is 0 Å². The molecule has 0 fully saturated rings. The predicted octanol–water partition coefficient (Wildman–Crippen LogP) is 3.18. The molecule has 5 heteroatoms. The number of alkyl halides is 3. The van der Waals surface area contributed by atoms with E-state index in [4.69, 9.17) is 0 Å². The second-order valence-electron chi connectivity index (χ2n) is 4.73. The summed E-state index contributed by atoms with van der Waals surface area (Å²) in [6, 6.07) is 0.879. The Kier molecular flexibility index (Phi) is 3.28. The third-order valence-electron chi connectivity index (χ3n) is 2.27. The zero-order chi connectivity index (χ0) is 12.6. The number of hydrogen-bond donors (Lipinski definition) is 1. The monoisotopic (exact) mass is 233 g/mol. The van der Waals surface area contributed by atoms with Crippen LogP contribution in [-0.2, 0) is 6.18 Å². The van der Waals surface area contributed by atoms with Crippen LogP contribution in [0.5, 0.6) is 0 Å². The molecule has 1 rings (SSSR count). The Morgan fingerprint density at radius 3 is 2.25 bits per heavy atom. The number of hydrogen-bond acceptors (Lipinski definition) is 2. The summed E-state index contributed by atoms with van der Waals surface area (Å²) in [4.78, 5) is 3.63. The Morgan fingerprint density at radius 2 is 1.81 bits per heavy atom. The molecule has 0 saturated heterocycles. The van der Waals surface area contributed by atoms with Crippen LogP contribution in [-0.4, -0.2) is 10.1 Å². The number of halogens is 3. The fourth-order valence-corrected chi connectivity index (χ4v) is 1.35. The van der Waals surface area contributed by atoms with E-state index in [2.05, 4.69) is 4.98 Å². The molecular weight excluding hydrogens is 219 g/mol. The number of aliphatic hydroxyl groups excluding tert-OH is 1. The predicted molar refractivity (Wildman–Crippen MR) is 53.7 cm³/mol. The second kappa shape index (κ2) is 4.05. The Balaban J connectivity index is 3.25. The van der Waals surface area contributed by atoms with Crippen LogP contribution in [0.3, 0.4) is 0 Å². The number of aromatic nitrogens is 1. The lowest BCUT2D eigenvalue weighted by Crippen LogP contribution is -2.22. The van der Waals surface area contributed by atoms with Crippen molar-refractivity contribution in [3.63, 3.8) is 0 Å². The molecule has 0 aliphatic heterocycles. The third-order valence-corrected chi connectivity index (χ3v) is 2.27. The summed E-state index contributed by atoms with van der Waals surface area (Å²) in [6.07, 6.45) is -3.52. The van der Waals surface area contributed by atoms with Crippen LogP contribution < -0.4 is 0 Å². The van der Waals surface area contributed by atoms with Gasteiger partial charge in [0.1, 0.15) is 0 Å². The molecule has 0 aromatic carbocycles. The van der Waals surface area contributed by atoms with E-state index >= 15 is 0 Å². The van der Waals surface area contributed by atoms with Crippen molar-refractivity contribution in [3.8, 4) is 0 Å². The summed E-state index contributed by atoms with van der Waals surface area (Å²) in [5.41, 5.74) is -1.67. The molecule has 0 saturated carbocycles. The highest BCUT2D eigenvalue weighted by atomic mass is 19.4. The minimum Gasteiger partial charge on any atom is -0.388 e. The third kappa shape index (κ3) is 2.72. The van der Waals surface area contributed by atoms with Crippen LogP contribution in [0.1, 0.15) is 38.0 Å². The molecule has 0 spiro atoms. The van der Waals surface area contributed by atoms with Gasteiger partial charge >= 0.3 is 6.18 Å². The summed E-state index contributed by atoms with van der Waals surface area (Å²) in [7, 11) is 0. The number of pyridine rings is 1. The molecule has 0 aliphatic rings. The van der Waals surface area contributed by atoms with Crippen molar-refractivity contribution < 1.29 is 18.3 Å². The summed E-state index contributed by atoms with van der Waals surface area (Å²) < 4.78 is 38.0. The van der Waals surface area contributed by atoms with E-state index in [1.54, 1.807) is 20.8 Å². The van der Waals surface area contributed by atoms with Crippen LogP contribution in [0.2, 0.25) is 0 Å². The summed E-state index contributed by atoms with van der Waals surface area (Å²) in [5, 5.41) is 9.86. The van der Waals surface area contributed by atoms with Crippen molar-refractivity contribution in [2.75, 3.05) is 0 Å². The number of rotatable bonds is 1. The number of nitrogens with zero attached hydrogens (tertiary/aromatic N) is 1. The highest BCUT2D eigenvalue weighted by molar-refractivity contribution is 5.29. The van der Waals surface area contributed by atoms with Gasteiger partial charge < -0.3 is 5.11 Å². The molecule has 0 amide bonds. The van der Waals surface area contributed by atoms with E-state index in [1.807, 2.05) is 0 Å². The maximum absolute atomic E-state index is 12.7. The van der Waals surface area contributed by atoms with Crippen molar-refractivity contribution in [3.05, 3.63) is 29.6 Å². The van der Waals surface area contributed by atoms with Gasteiger partial charge in [0, 0.05) is 18.0 Å². The molecule has 16 heavy (non-hydrogen) atoms. The van der Waals surface area contributed by atoms with Crippen LogP contribution in [0.15, 0.2) is 18.5 Å². The largest absolute Gasteiger partial charge is 0.416 e. The van der Waals surface area contributed by atoms with Crippen molar-refractivity contribution in [1.82, 2.24) is 4.98 Å². The van der Waals surface area contributed by atoms with Gasteiger partial charge in [0.15, 0.2) is 0 Å². The van der Waals surface area contributed by atoms with Gasteiger partial charge in [-0.2, -0.15) is 13.2 Å². The van der Waals surface area contributed by atoms with Gasteiger partial charge in [0.05, 0.1) is 11.7 Å². The van der Waals surface area contributed by atoms with Crippen LogP contribution in [0.25, 0.3) is 0 Å². The number of aliphatic hydroxyl groups is 1. The molecule has 0 radical (unpaired) electrons. The molecule has 0 bridgehead atoms. The van der Waals surface area contributed by atoms with E-state index in [1.165, 1.54) is 0 Å². The molecule has 1 aromatic heterocycles. The fraction of sp³-hybridized carbons (Fsp3) is 0.545. The molecule has 2 nitrogen and oxygen atoms in total. The van der Waals surface area contributed by atoms with Gasteiger partial charge in [-0.15, -0.1) is 0 Å². The summed E-state index contributed by atoms with van der Waals surface area (Å²) in [6.45, 7) is 5.01. The van der Waals surface area contributed by atoms with Crippen molar-refractivity contribution >= 4 is 0 Å². The molecule has 0 aliphatic carbocycles. The second-order valence-corrected chi connectivity index (χ2v) is 4.73. The molecule has 90 valence electrons. The van der Waals surface area contributed by atoms with Crippen LogP contribution in [0, 0.1) is 5.41 Å². The lowest BCUT2D eigenvalue weighted by molar-refractivity contribution is -0.140. The first-order valence-corrected chi connectivity index (χ1v) is 4.83. The van der Waals surface area contributed by atoms with E-state index in [9.17, 15) is 18.3 Å². The zero-order valence-corrected chi connectivity index (χ0v) is 9.34. The fourth-order valence-electron chi connectivity index (χ4n) is 1.35. The highest BCUT2D eigenvalue weighted by Crippen LogP contribution is 2.39. The van der Waals surface area contributed by atoms with Gasteiger partial charge in [-0.05, 0) is 11.5 Å². The van der Waals surface area contributed by atoms with Gasteiger partial charge in [-0.3, -0.25) is 4.98 Å². The maximum Gasteiger partial charge on any atom is 0.416 e. The average Bonchev–Trinajstić information content (AvgIpc) is 2.14. The average molecular weight is 233 g/mol. The van der Waals surface area contributed by atoms with Gasteiger partial charge in [-0.1, -0.05) is 20.8 Å².